The van der Waals surface area contributed by atoms with E-state index < -0.39 is 23.2 Å². The number of carbonyl (C=O) groups excluding carboxylic acids is 3. The molecule has 1 aromatic carbocycles. The van der Waals surface area contributed by atoms with E-state index in [4.69, 9.17) is 0 Å². The highest BCUT2D eigenvalue weighted by atomic mass is 16.3. The van der Waals surface area contributed by atoms with E-state index in [0.717, 1.165) is 6.08 Å². The molecular formula is C14H8O4. The molecule has 1 aromatic rings. The van der Waals surface area contributed by atoms with Crippen LogP contribution in [0.3, 0.4) is 0 Å². The maximum absolute atomic E-state index is 12.2. The molecule has 0 saturated heterocycles. The Bertz CT molecular complexity index is 664. The Hall–Kier alpha value is -2.49. The number of benzene rings is 1. The quantitative estimate of drug-likeness (QED) is 0.699. The summed E-state index contributed by atoms with van der Waals surface area (Å²) in [7, 11) is 0. The molecule has 0 aliphatic heterocycles. The van der Waals surface area contributed by atoms with Crippen molar-refractivity contribution in [3.05, 3.63) is 58.9 Å². The van der Waals surface area contributed by atoms with Crippen LogP contribution in [0.2, 0.25) is 0 Å². The molecule has 0 bridgehead atoms. The van der Waals surface area contributed by atoms with Crippen LogP contribution in [0, 0.1) is 5.92 Å². The SMILES string of the molecule is O=C1C2=CC=C(O)C(=O)C2C(=O)c2ccccc21. The van der Waals surface area contributed by atoms with Crippen molar-refractivity contribution >= 4 is 17.3 Å². The van der Waals surface area contributed by atoms with Gasteiger partial charge in [-0.15, -0.1) is 0 Å². The number of fused-ring (bicyclic) bond motifs is 2. The number of allylic oxidation sites excluding steroid dienone is 4. The van der Waals surface area contributed by atoms with Crippen LogP contribution in [0.25, 0.3) is 0 Å². The van der Waals surface area contributed by atoms with Gasteiger partial charge in [-0.3, -0.25) is 14.4 Å². The Morgan fingerprint density at radius 2 is 1.56 bits per heavy atom. The minimum absolute atomic E-state index is 0.140. The lowest BCUT2D eigenvalue weighted by Gasteiger charge is -2.25. The summed E-state index contributed by atoms with van der Waals surface area (Å²) in [5.74, 6) is -3.13. The molecule has 0 fully saturated rings. The molecule has 4 nitrogen and oxygen atoms in total. The van der Waals surface area contributed by atoms with E-state index in [0.29, 0.717) is 5.56 Å². The van der Waals surface area contributed by atoms with E-state index in [-0.39, 0.29) is 16.9 Å². The molecule has 4 heteroatoms. The molecule has 0 aromatic heterocycles. The van der Waals surface area contributed by atoms with Crippen molar-refractivity contribution in [1.82, 2.24) is 0 Å². The van der Waals surface area contributed by atoms with Crippen molar-refractivity contribution in [2.75, 3.05) is 0 Å². The van der Waals surface area contributed by atoms with Crippen LogP contribution in [0.5, 0.6) is 0 Å². The molecule has 88 valence electrons. The van der Waals surface area contributed by atoms with Gasteiger partial charge in [-0.1, -0.05) is 30.3 Å². The first kappa shape index (κ1) is 10.7. The Morgan fingerprint density at radius 1 is 0.889 bits per heavy atom. The van der Waals surface area contributed by atoms with Crippen LogP contribution in [-0.2, 0) is 4.79 Å². The maximum Gasteiger partial charge on any atom is 0.212 e. The van der Waals surface area contributed by atoms with Crippen LogP contribution in [0.4, 0.5) is 0 Å². The van der Waals surface area contributed by atoms with Crippen LogP contribution in [0.1, 0.15) is 20.7 Å². The molecule has 1 atom stereocenters. The van der Waals surface area contributed by atoms with Crippen LogP contribution in [0.15, 0.2) is 47.7 Å². The van der Waals surface area contributed by atoms with Crippen molar-refractivity contribution in [2.45, 2.75) is 0 Å². The maximum atomic E-state index is 12.2. The number of aliphatic hydroxyl groups is 1. The molecule has 18 heavy (non-hydrogen) atoms. The van der Waals surface area contributed by atoms with Crippen molar-refractivity contribution in [1.29, 1.82) is 0 Å². The standard InChI is InChI=1S/C14H8O4/c15-10-6-5-9-11(14(10)18)13(17)8-4-2-1-3-7(8)12(9)16/h1-6,11,15H. The van der Waals surface area contributed by atoms with Gasteiger partial charge in [0.2, 0.25) is 5.78 Å². The average molecular weight is 240 g/mol. The lowest BCUT2D eigenvalue weighted by atomic mass is 9.74. The molecule has 0 spiro atoms. The Kier molecular flexibility index (Phi) is 2.07. The molecule has 0 amide bonds. The zero-order valence-electron chi connectivity index (χ0n) is 9.21. The Balaban J connectivity index is 2.27. The highest BCUT2D eigenvalue weighted by Gasteiger charge is 2.43. The molecular weight excluding hydrogens is 232 g/mol. The zero-order valence-corrected chi connectivity index (χ0v) is 9.21. The largest absolute Gasteiger partial charge is 0.504 e. The van der Waals surface area contributed by atoms with Gasteiger partial charge in [0.25, 0.3) is 0 Å². The van der Waals surface area contributed by atoms with Gasteiger partial charge in [-0.05, 0) is 6.08 Å². The molecule has 1 unspecified atom stereocenters. The van der Waals surface area contributed by atoms with Gasteiger partial charge in [0.1, 0.15) is 5.92 Å². The van der Waals surface area contributed by atoms with Gasteiger partial charge in [-0.25, -0.2) is 0 Å². The third kappa shape index (κ3) is 1.23. The second-order valence-corrected chi connectivity index (χ2v) is 4.21. The van der Waals surface area contributed by atoms with E-state index in [1.807, 2.05) is 0 Å². The van der Waals surface area contributed by atoms with E-state index >= 15 is 0 Å². The van der Waals surface area contributed by atoms with Crippen LogP contribution in [-0.4, -0.2) is 22.5 Å². The van der Waals surface area contributed by atoms with Gasteiger partial charge in [0.05, 0.1) is 0 Å². The summed E-state index contributed by atoms with van der Waals surface area (Å²) >= 11 is 0. The van der Waals surface area contributed by atoms with Crippen LogP contribution < -0.4 is 0 Å². The van der Waals surface area contributed by atoms with Gasteiger partial charge in [0, 0.05) is 16.7 Å². The highest BCUT2D eigenvalue weighted by Crippen LogP contribution is 2.33. The monoisotopic (exact) mass is 240 g/mol. The first-order valence-corrected chi connectivity index (χ1v) is 5.44. The number of rotatable bonds is 0. The van der Waals surface area contributed by atoms with Crippen molar-refractivity contribution in [3.63, 3.8) is 0 Å². The molecule has 0 saturated carbocycles. The fourth-order valence-corrected chi connectivity index (χ4v) is 2.31. The van der Waals surface area contributed by atoms with E-state index in [9.17, 15) is 19.5 Å². The third-order valence-corrected chi connectivity index (χ3v) is 3.21. The first-order valence-electron chi connectivity index (χ1n) is 5.44. The topological polar surface area (TPSA) is 71.4 Å². The summed E-state index contributed by atoms with van der Waals surface area (Å²) in [5.41, 5.74) is 0.696. The van der Waals surface area contributed by atoms with E-state index in [1.54, 1.807) is 18.2 Å². The second kappa shape index (κ2) is 3.50. The minimum atomic E-state index is -1.18. The number of aliphatic hydroxyl groups excluding tert-OH is 1. The third-order valence-electron chi connectivity index (χ3n) is 3.21. The summed E-state index contributed by atoms with van der Waals surface area (Å²) in [5, 5.41) is 9.37. The first-order chi connectivity index (χ1) is 8.61. The Labute approximate surface area is 102 Å². The van der Waals surface area contributed by atoms with Crippen LogP contribution >= 0.6 is 0 Å². The Morgan fingerprint density at radius 3 is 2.28 bits per heavy atom. The van der Waals surface area contributed by atoms with Crippen molar-refractivity contribution in [3.8, 4) is 0 Å². The molecule has 2 aliphatic rings. The lowest BCUT2D eigenvalue weighted by molar-refractivity contribution is -0.119. The molecule has 0 heterocycles. The van der Waals surface area contributed by atoms with Gasteiger partial charge in [0.15, 0.2) is 17.3 Å². The average Bonchev–Trinajstić information content (AvgIpc) is 2.39. The highest BCUT2D eigenvalue weighted by molar-refractivity contribution is 6.31. The fourth-order valence-electron chi connectivity index (χ4n) is 2.31. The van der Waals surface area contributed by atoms with E-state index in [1.165, 1.54) is 12.1 Å². The lowest BCUT2D eigenvalue weighted by Crippen LogP contribution is -2.37. The van der Waals surface area contributed by atoms with Crippen molar-refractivity contribution in [2.24, 2.45) is 5.92 Å². The zero-order chi connectivity index (χ0) is 12.9. The van der Waals surface area contributed by atoms with Gasteiger partial charge in [-0.2, -0.15) is 0 Å². The minimum Gasteiger partial charge on any atom is -0.504 e. The van der Waals surface area contributed by atoms with Gasteiger partial charge >= 0.3 is 0 Å². The fraction of sp³-hybridized carbons (Fsp3) is 0.0714. The number of ketones is 3. The second-order valence-electron chi connectivity index (χ2n) is 4.21. The molecule has 0 radical (unpaired) electrons. The van der Waals surface area contributed by atoms with Gasteiger partial charge < -0.3 is 5.11 Å². The molecule has 2 aliphatic carbocycles. The predicted octanol–water partition coefficient (Wildman–Crippen LogP) is 1.63. The molecule has 3 rings (SSSR count). The summed E-state index contributed by atoms with van der Waals surface area (Å²) in [6, 6.07) is 6.40. The number of carbonyl (C=O) groups is 3. The number of hydrogen-bond donors (Lipinski definition) is 1. The smallest absolute Gasteiger partial charge is 0.212 e. The number of Topliss-reactive ketones (excluding diaryl/α,β-unsaturated/α-hetero) is 3. The predicted molar refractivity (Wildman–Crippen MR) is 62.4 cm³/mol. The normalized spacial score (nSPS) is 22.0. The van der Waals surface area contributed by atoms with Crippen molar-refractivity contribution < 1.29 is 19.5 Å². The number of hydrogen-bond acceptors (Lipinski definition) is 4. The van der Waals surface area contributed by atoms with E-state index in [2.05, 4.69) is 0 Å². The summed E-state index contributed by atoms with van der Waals surface area (Å²) in [6.07, 6.45) is 2.50. The summed E-state index contributed by atoms with van der Waals surface area (Å²) in [6.45, 7) is 0. The summed E-state index contributed by atoms with van der Waals surface area (Å²) in [4.78, 5) is 36.2. The summed E-state index contributed by atoms with van der Waals surface area (Å²) < 4.78 is 0. The molecule has 1 N–H and O–H groups in total.